The Labute approximate surface area is 233 Å². The number of anilines is 2. The molecule has 0 radical (unpaired) electrons. The highest BCUT2D eigenvalue weighted by Gasteiger charge is 2.38. The molecule has 7 nitrogen and oxygen atoms in total. The number of ether oxygens (including phenoxy) is 1. The molecule has 0 aliphatic carbocycles. The molecule has 4 rings (SSSR count). The summed E-state index contributed by atoms with van der Waals surface area (Å²) in [6.07, 6.45) is 1.56. The molecule has 3 amide bonds. The highest BCUT2D eigenvalue weighted by Crippen LogP contribution is 2.37. The zero-order chi connectivity index (χ0) is 27.8. The highest BCUT2D eigenvalue weighted by atomic mass is 32.2. The summed E-state index contributed by atoms with van der Waals surface area (Å²) in [5.74, 6) is -0.791. The van der Waals surface area contributed by atoms with Gasteiger partial charge in [0, 0.05) is 43.0 Å². The minimum absolute atomic E-state index is 0.0891. The van der Waals surface area contributed by atoms with Crippen LogP contribution in [0, 0.1) is 13.8 Å². The molecule has 1 heterocycles. The lowest BCUT2D eigenvalue weighted by atomic mass is 10.1. The Morgan fingerprint density at radius 3 is 2.44 bits per heavy atom. The van der Waals surface area contributed by atoms with Gasteiger partial charge in [-0.3, -0.25) is 19.3 Å². The summed E-state index contributed by atoms with van der Waals surface area (Å²) in [5.41, 5.74) is 4.96. The van der Waals surface area contributed by atoms with Gasteiger partial charge in [0.15, 0.2) is 0 Å². The largest absolute Gasteiger partial charge is 0.385 e. The van der Waals surface area contributed by atoms with E-state index in [9.17, 15) is 14.4 Å². The molecular weight excluding hydrogens is 510 g/mol. The van der Waals surface area contributed by atoms with Crippen molar-refractivity contribution in [3.63, 3.8) is 0 Å². The Kier molecular flexibility index (Phi) is 9.57. The second-order valence-corrected chi connectivity index (χ2v) is 10.5. The molecule has 0 fully saturated rings. The van der Waals surface area contributed by atoms with E-state index in [4.69, 9.17) is 4.74 Å². The Morgan fingerprint density at radius 1 is 0.897 bits per heavy atom. The van der Waals surface area contributed by atoms with Crippen LogP contribution in [0.2, 0.25) is 0 Å². The summed E-state index contributed by atoms with van der Waals surface area (Å²) in [4.78, 5) is 41.6. The fourth-order valence-corrected chi connectivity index (χ4v) is 5.18. The van der Waals surface area contributed by atoms with Gasteiger partial charge < -0.3 is 15.4 Å². The number of rotatable bonds is 12. The van der Waals surface area contributed by atoms with Crippen LogP contribution < -0.4 is 10.6 Å². The first-order valence-electron chi connectivity index (χ1n) is 12.9. The number of thioether (sulfide) groups is 1. The smallest absolute Gasteiger partial charge is 0.278 e. The number of benzene rings is 3. The second-order valence-electron chi connectivity index (χ2n) is 9.40. The van der Waals surface area contributed by atoms with Gasteiger partial charge in [0.25, 0.3) is 11.8 Å². The van der Waals surface area contributed by atoms with Gasteiger partial charge in [-0.2, -0.15) is 0 Å². The van der Waals surface area contributed by atoms with Gasteiger partial charge in [0.05, 0.1) is 0 Å². The first-order valence-corrected chi connectivity index (χ1v) is 13.7. The number of methoxy groups -OCH3 is 1. The van der Waals surface area contributed by atoms with Crippen LogP contribution in [0.3, 0.4) is 0 Å². The molecule has 1 aliphatic rings. The van der Waals surface area contributed by atoms with E-state index in [1.165, 1.54) is 16.7 Å². The molecule has 0 saturated carbocycles. The van der Waals surface area contributed by atoms with E-state index in [0.29, 0.717) is 36.5 Å². The molecule has 3 aromatic rings. The number of carbonyl (C=O) groups is 3. The van der Waals surface area contributed by atoms with Crippen molar-refractivity contribution in [3.05, 3.63) is 100 Å². The highest BCUT2D eigenvalue weighted by molar-refractivity contribution is 8.04. The van der Waals surface area contributed by atoms with E-state index in [1.54, 1.807) is 7.11 Å². The zero-order valence-corrected chi connectivity index (χ0v) is 23.3. The van der Waals surface area contributed by atoms with Crippen LogP contribution in [0.5, 0.6) is 0 Å². The number of aryl methyl sites for hydroxylation is 3. The molecule has 8 heteroatoms. The van der Waals surface area contributed by atoms with Gasteiger partial charge in [-0.15, -0.1) is 0 Å². The Bertz CT molecular complexity index is 1390. The average molecular weight is 544 g/mol. The molecule has 0 spiro atoms. The Morgan fingerprint density at radius 2 is 1.69 bits per heavy atom. The van der Waals surface area contributed by atoms with E-state index in [0.717, 1.165) is 27.3 Å². The lowest BCUT2D eigenvalue weighted by Crippen LogP contribution is -2.33. The van der Waals surface area contributed by atoms with Gasteiger partial charge in [-0.25, -0.2) is 0 Å². The predicted octanol–water partition coefficient (Wildman–Crippen LogP) is 5.70. The maximum Gasteiger partial charge on any atom is 0.278 e. The normalized spacial score (nSPS) is 13.3. The van der Waals surface area contributed by atoms with Crippen LogP contribution in [0.1, 0.15) is 29.5 Å². The van der Waals surface area contributed by atoms with Crippen LogP contribution >= 0.6 is 11.8 Å². The average Bonchev–Trinajstić information content (AvgIpc) is 3.14. The quantitative estimate of drug-likeness (QED) is 0.225. The third-order valence-corrected chi connectivity index (χ3v) is 7.53. The first kappa shape index (κ1) is 28.1. The maximum absolute atomic E-state index is 13.4. The number of carbonyl (C=O) groups excluding carboxylic acids is 3. The van der Waals surface area contributed by atoms with E-state index in [-0.39, 0.29) is 30.0 Å². The van der Waals surface area contributed by atoms with E-state index < -0.39 is 0 Å². The molecule has 0 saturated heterocycles. The third kappa shape index (κ3) is 7.37. The standard InChI is InChI=1S/C31H33N3O4S/c1-21-13-15-25(19-22(21)2)33-28-29(31(37)34(30(28)36)17-8-18-38-3)39-26-12-7-11-24(20-26)32-27(35)16-14-23-9-5-4-6-10-23/h4-7,9-13,15,19-20,33H,8,14,16-18H2,1-3H3,(H,32,35). The fourth-order valence-electron chi connectivity index (χ4n) is 4.17. The van der Waals surface area contributed by atoms with Crippen molar-refractivity contribution in [3.8, 4) is 0 Å². The maximum atomic E-state index is 13.4. The van der Waals surface area contributed by atoms with Crippen molar-refractivity contribution in [1.29, 1.82) is 0 Å². The molecule has 2 N–H and O–H groups in total. The summed E-state index contributed by atoms with van der Waals surface area (Å²) < 4.78 is 5.11. The van der Waals surface area contributed by atoms with Crippen LogP contribution in [0.25, 0.3) is 0 Å². The summed E-state index contributed by atoms with van der Waals surface area (Å²) >= 11 is 1.21. The summed E-state index contributed by atoms with van der Waals surface area (Å²) in [7, 11) is 1.59. The van der Waals surface area contributed by atoms with Crippen molar-refractivity contribution in [2.75, 3.05) is 30.9 Å². The number of hydrogen-bond donors (Lipinski definition) is 2. The number of imide groups is 1. The molecule has 3 aromatic carbocycles. The summed E-state index contributed by atoms with van der Waals surface area (Å²) in [6.45, 7) is 4.74. The van der Waals surface area contributed by atoms with Crippen molar-refractivity contribution < 1.29 is 19.1 Å². The fraction of sp³-hybridized carbons (Fsp3) is 0.258. The lowest BCUT2D eigenvalue weighted by molar-refractivity contribution is -0.137. The van der Waals surface area contributed by atoms with E-state index in [1.807, 2.05) is 86.6 Å². The topological polar surface area (TPSA) is 87.7 Å². The number of amides is 3. The van der Waals surface area contributed by atoms with Gasteiger partial charge >= 0.3 is 0 Å². The SMILES string of the molecule is COCCCN1C(=O)C(Nc2ccc(C)c(C)c2)=C(Sc2cccc(NC(=O)CCc3ccccc3)c2)C1=O. The third-order valence-electron chi connectivity index (χ3n) is 6.45. The van der Waals surface area contributed by atoms with Gasteiger partial charge in [-0.1, -0.05) is 54.2 Å². The first-order chi connectivity index (χ1) is 18.9. The minimum atomic E-state index is -0.359. The number of hydrogen-bond acceptors (Lipinski definition) is 6. The van der Waals surface area contributed by atoms with Gasteiger partial charge in [-0.05, 0) is 73.7 Å². The second kappa shape index (κ2) is 13.3. The van der Waals surface area contributed by atoms with Crippen LogP contribution in [0.15, 0.2) is 88.3 Å². The molecule has 0 bridgehead atoms. The molecule has 0 aromatic heterocycles. The van der Waals surface area contributed by atoms with Crippen molar-refractivity contribution in [2.24, 2.45) is 0 Å². The number of nitrogens with zero attached hydrogens (tertiary/aromatic N) is 1. The lowest BCUT2D eigenvalue weighted by Gasteiger charge is -2.15. The Hall–Kier alpha value is -3.88. The van der Waals surface area contributed by atoms with Crippen molar-refractivity contribution in [2.45, 2.75) is 38.0 Å². The zero-order valence-electron chi connectivity index (χ0n) is 22.5. The van der Waals surface area contributed by atoms with Crippen LogP contribution in [-0.2, 0) is 25.5 Å². The van der Waals surface area contributed by atoms with Crippen molar-refractivity contribution >= 4 is 40.9 Å². The molecule has 39 heavy (non-hydrogen) atoms. The van der Waals surface area contributed by atoms with Crippen LogP contribution in [-0.4, -0.2) is 42.9 Å². The number of nitrogens with one attached hydrogen (secondary N) is 2. The summed E-state index contributed by atoms with van der Waals surface area (Å²) in [5, 5.41) is 6.15. The molecule has 1 aliphatic heterocycles. The Balaban J connectivity index is 1.52. The molecule has 0 unspecified atom stereocenters. The molecule has 202 valence electrons. The monoisotopic (exact) mass is 543 g/mol. The van der Waals surface area contributed by atoms with Gasteiger partial charge in [0.2, 0.25) is 5.91 Å². The molecular formula is C31H33N3O4S. The van der Waals surface area contributed by atoms with Gasteiger partial charge in [0.1, 0.15) is 10.6 Å². The van der Waals surface area contributed by atoms with E-state index in [2.05, 4.69) is 10.6 Å². The summed E-state index contributed by atoms with van der Waals surface area (Å²) in [6, 6.07) is 23.0. The van der Waals surface area contributed by atoms with Crippen LogP contribution in [0.4, 0.5) is 11.4 Å². The van der Waals surface area contributed by atoms with Crippen molar-refractivity contribution in [1.82, 2.24) is 4.90 Å². The minimum Gasteiger partial charge on any atom is -0.385 e. The predicted molar refractivity (Wildman–Crippen MR) is 155 cm³/mol. The van der Waals surface area contributed by atoms with E-state index >= 15 is 0 Å². The molecule has 0 atom stereocenters.